The van der Waals surface area contributed by atoms with Crippen LogP contribution in [0.15, 0.2) is 0 Å². The predicted octanol–water partition coefficient (Wildman–Crippen LogP) is 7.64. The van der Waals surface area contributed by atoms with Crippen LogP contribution in [0.4, 0.5) is 0 Å². The molecule has 0 heterocycles. The highest BCUT2D eigenvalue weighted by atomic mass is 27.2. The average molecular weight is 397 g/mol. The van der Waals surface area contributed by atoms with Crippen LogP contribution < -0.4 is 0 Å². The highest BCUT2D eigenvalue weighted by Crippen LogP contribution is 2.17. The third-order valence-corrected chi connectivity index (χ3v) is 9.50. The Kier molecular flexibility index (Phi) is 21.5. The maximum absolute atomic E-state index is 3.03. The molecule has 3 heteroatoms. The van der Waals surface area contributed by atoms with Crippen LogP contribution in [0.2, 0.25) is 5.28 Å². The van der Waals surface area contributed by atoms with Gasteiger partial charge in [-0.25, -0.2) is 0 Å². The normalized spacial score (nSPS) is 11.7. The number of nitrogens with zero attached hydrogens (tertiary/aromatic N) is 2. The van der Waals surface area contributed by atoms with Gasteiger partial charge in [0.15, 0.2) is 0 Å². The second kappa shape index (κ2) is 21.2. The minimum Gasteiger partial charge on any atom is -0.371 e. The summed E-state index contributed by atoms with van der Waals surface area (Å²) in [5.41, 5.74) is 0. The lowest BCUT2D eigenvalue weighted by Gasteiger charge is -2.37. The molecule has 0 bridgehead atoms. The van der Waals surface area contributed by atoms with Crippen molar-refractivity contribution in [2.24, 2.45) is 0 Å². The van der Waals surface area contributed by atoms with E-state index in [-0.39, 0.29) is 0 Å². The zero-order valence-electron chi connectivity index (χ0n) is 19.9. The first-order chi connectivity index (χ1) is 13.2. The fraction of sp³-hybridized carbons (Fsp3) is 1.00. The van der Waals surface area contributed by atoms with Crippen molar-refractivity contribution in [2.45, 2.75) is 130 Å². The Labute approximate surface area is 178 Å². The summed E-state index contributed by atoms with van der Waals surface area (Å²) in [4.78, 5) is 0. The molecule has 0 aliphatic carbocycles. The molecule has 0 saturated carbocycles. The third-order valence-electron chi connectivity index (χ3n) is 5.85. The van der Waals surface area contributed by atoms with Crippen LogP contribution in [0.5, 0.6) is 0 Å². The van der Waals surface area contributed by atoms with E-state index in [0.29, 0.717) is 0 Å². The smallest absolute Gasteiger partial charge is 0.371 e. The molecule has 0 aliphatic rings. The van der Waals surface area contributed by atoms with Crippen molar-refractivity contribution in [3.8, 4) is 0 Å². The van der Waals surface area contributed by atoms with Gasteiger partial charge in [-0.3, -0.25) is 0 Å². The maximum Gasteiger partial charge on any atom is 0.488 e. The lowest BCUT2D eigenvalue weighted by molar-refractivity contribution is 0.317. The molecule has 0 fully saturated rings. The highest BCUT2D eigenvalue weighted by molar-refractivity contribution is 6.52. The van der Waals surface area contributed by atoms with Crippen molar-refractivity contribution in [3.05, 3.63) is 0 Å². The van der Waals surface area contributed by atoms with Crippen molar-refractivity contribution in [1.29, 1.82) is 0 Å². The van der Waals surface area contributed by atoms with E-state index in [1.807, 2.05) is 0 Å². The van der Waals surface area contributed by atoms with Crippen molar-refractivity contribution >= 4 is 14.6 Å². The SMILES string of the molecule is CCCCC[N](CCCCC)[Al]([CH2]CCC)[N](CCCCC)CCCCC. The van der Waals surface area contributed by atoms with Gasteiger partial charge in [-0.2, -0.15) is 0 Å². The van der Waals surface area contributed by atoms with Crippen LogP contribution in [0, 0.1) is 0 Å². The minimum atomic E-state index is -0.985. The largest absolute Gasteiger partial charge is 0.488 e. The lowest BCUT2D eigenvalue weighted by Crippen LogP contribution is -2.54. The molecule has 0 aliphatic heterocycles. The number of rotatable bonds is 21. The zero-order valence-corrected chi connectivity index (χ0v) is 21.1. The highest BCUT2D eigenvalue weighted by Gasteiger charge is 2.32. The van der Waals surface area contributed by atoms with Crippen LogP contribution in [0.25, 0.3) is 0 Å². The number of hydrogen-bond donors (Lipinski definition) is 0. The number of unbranched alkanes of at least 4 members (excludes halogenated alkanes) is 9. The fourth-order valence-corrected chi connectivity index (χ4v) is 7.95. The topological polar surface area (TPSA) is 6.48 Å². The third kappa shape index (κ3) is 15.0. The molecule has 0 atom stereocenters. The predicted molar refractivity (Wildman–Crippen MR) is 127 cm³/mol. The molecule has 0 rings (SSSR count). The van der Waals surface area contributed by atoms with Gasteiger partial charge in [-0.15, -0.1) is 0 Å². The molecule has 2 nitrogen and oxygen atoms in total. The summed E-state index contributed by atoms with van der Waals surface area (Å²) in [5.74, 6) is 0. The quantitative estimate of drug-likeness (QED) is 0.145. The molecule has 0 aromatic rings. The second-order valence-corrected chi connectivity index (χ2v) is 11.5. The van der Waals surface area contributed by atoms with Crippen LogP contribution in [0.1, 0.15) is 125 Å². The van der Waals surface area contributed by atoms with E-state index >= 15 is 0 Å². The van der Waals surface area contributed by atoms with Gasteiger partial charge in [0, 0.05) is 0 Å². The van der Waals surface area contributed by atoms with Gasteiger partial charge in [-0.1, -0.05) is 104 Å². The summed E-state index contributed by atoms with van der Waals surface area (Å²) in [6.45, 7) is 17.2. The second-order valence-electron chi connectivity index (χ2n) is 8.52. The Hall–Kier alpha value is 0.452. The number of hydrogen-bond acceptors (Lipinski definition) is 2. The van der Waals surface area contributed by atoms with E-state index < -0.39 is 14.6 Å². The summed E-state index contributed by atoms with van der Waals surface area (Å²) in [6.07, 6.45) is 19.5. The molecule has 0 N–H and O–H groups in total. The summed E-state index contributed by atoms with van der Waals surface area (Å²) in [6, 6.07) is 0. The van der Waals surface area contributed by atoms with E-state index in [9.17, 15) is 0 Å². The minimum absolute atomic E-state index is 0.985. The Bertz CT molecular complexity index is 242. The van der Waals surface area contributed by atoms with Gasteiger partial charge in [0.25, 0.3) is 0 Å². The summed E-state index contributed by atoms with van der Waals surface area (Å²) < 4.78 is 6.05. The molecular formula is C24H53AlN2. The van der Waals surface area contributed by atoms with Gasteiger partial charge >= 0.3 is 14.6 Å². The van der Waals surface area contributed by atoms with E-state index in [1.165, 1.54) is 121 Å². The van der Waals surface area contributed by atoms with Gasteiger partial charge in [0.05, 0.1) is 0 Å². The first-order valence-corrected chi connectivity index (χ1v) is 14.6. The fourth-order valence-electron chi connectivity index (χ4n) is 4.06. The van der Waals surface area contributed by atoms with Crippen molar-refractivity contribution in [1.82, 2.24) is 7.77 Å². The van der Waals surface area contributed by atoms with Crippen molar-refractivity contribution in [3.63, 3.8) is 0 Å². The van der Waals surface area contributed by atoms with Gasteiger partial charge in [0.1, 0.15) is 0 Å². The summed E-state index contributed by atoms with van der Waals surface area (Å²) in [5, 5.41) is 1.51. The Balaban J connectivity index is 5.10. The first-order valence-electron chi connectivity index (χ1n) is 12.7. The van der Waals surface area contributed by atoms with Crippen LogP contribution in [0.3, 0.4) is 0 Å². The van der Waals surface area contributed by atoms with Crippen LogP contribution in [-0.4, -0.2) is 48.5 Å². The van der Waals surface area contributed by atoms with Crippen LogP contribution >= 0.6 is 0 Å². The molecule has 162 valence electrons. The van der Waals surface area contributed by atoms with Crippen LogP contribution in [-0.2, 0) is 0 Å². The molecular weight excluding hydrogens is 343 g/mol. The van der Waals surface area contributed by atoms with Gasteiger partial charge < -0.3 is 7.77 Å². The van der Waals surface area contributed by atoms with E-state index in [1.54, 1.807) is 0 Å². The molecule has 0 spiro atoms. The van der Waals surface area contributed by atoms with Crippen molar-refractivity contribution in [2.75, 3.05) is 26.2 Å². The maximum atomic E-state index is 3.03. The Morgan fingerprint density at radius 1 is 0.407 bits per heavy atom. The van der Waals surface area contributed by atoms with Gasteiger partial charge in [0.2, 0.25) is 0 Å². The average Bonchev–Trinajstić information content (AvgIpc) is 2.67. The monoisotopic (exact) mass is 396 g/mol. The molecule has 0 aromatic carbocycles. The molecule has 0 aromatic heterocycles. The standard InChI is InChI=1S/2C10H22N.C4H9.Al/c2*1-3-5-7-9-11-10-8-6-4-2;1-3-4-2;/h2*3-10H2,1-2H3;1,3-4H2,2H3;/q2*-1;;+2. The first kappa shape index (κ1) is 27.5. The Morgan fingerprint density at radius 3 is 0.963 bits per heavy atom. The summed E-state index contributed by atoms with van der Waals surface area (Å²) in [7, 11) is 0. The molecule has 0 radical (unpaired) electrons. The molecule has 27 heavy (non-hydrogen) atoms. The molecule has 0 unspecified atom stereocenters. The summed E-state index contributed by atoms with van der Waals surface area (Å²) >= 11 is -0.985. The Morgan fingerprint density at radius 2 is 0.704 bits per heavy atom. The lowest BCUT2D eigenvalue weighted by atomic mass is 10.2. The zero-order chi connectivity index (χ0) is 20.2. The molecule has 0 saturated heterocycles. The van der Waals surface area contributed by atoms with Crippen molar-refractivity contribution < 1.29 is 0 Å². The van der Waals surface area contributed by atoms with E-state index in [0.717, 1.165) is 0 Å². The van der Waals surface area contributed by atoms with E-state index in [4.69, 9.17) is 0 Å². The van der Waals surface area contributed by atoms with Gasteiger partial charge in [-0.05, 0) is 51.9 Å². The molecule has 0 amide bonds. The van der Waals surface area contributed by atoms with E-state index in [2.05, 4.69) is 42.4 Å².